The summed E-state index contributed by atoms with van der Waals surface area (Å²) in [6.45, 7) is 1.92. The molecule has 2 aromatic rings. The van der Waals surface area contributed by atoms with E-state index in [1.165, 1.54) is 0 Å². The minimum Gasteiger partial charge on any atom is -0.311 e. The minimum atomic E-state index is -0.321. The molecule has 0 aliphatic rings. The maximum absolute atomic E-state index is 12.2. The maximum atomic E-state index is 12.2. The van der Waals surface area contributed by atoms with Gasteiger partial charge >= 0.3 is 0 Å². The van der Waals surface area contributed by atoms with Crippen LogP contribution in [0.5, 0.6) is 0 Å². The van der Waals surface area contributed by atoms with E-state index in [1.54, 1.807) is 11.6 Å². The number of hydrogen-bond acceptors (Lipinski definition) is 2. The normalized spacial score (nSPS) is 12.3. The lowest BCUT2D eigenvalue weighted by atomic mass is 9.98. The molecule has 0 fully saturated rings. The third-order valence-electron chi connectivity index (χ3n) is 3.10. The summed E-state index contributed by atoms with van der Waals surface area (Å²) in [5.74, 6) is -0.321. The standard InChI is InChI=1S/C14H14N2O/c1-3-10(9-15)12-8-11-6-4-5-7-13(11)16(2)14(12)17/h4-8,10H,3H2,1-2H3. The molecule has 3 nitrogen and oxygen atoms in total. The van der Waals surface area contributed by atoms with Gasteiger partial charge in [-0.1, -0.05) is 25.1 Å². The highest BCUT2D eigenvalue weighted by molar-refractivity contribution is 5.79. The molecule has 1 atom stereocenters. The highest BCUT2D eigenvalue weighted by Gasteiger charge is 2.14. The van der Waals surface area contributed by atoms with Gasteiger partial charge in [-0.3, -0.25) is 4.79 Å². The average molecular weight is 226 g/mol. The molecule has 0 amide bonds. The van der Waals surface area contributed by atoms with Crippen molar-refractivity contribution in [2.24, 2.45) is 7.05 Å². The third-order valence-corrected chi connectivity index (χ3v) is 3.10. The van der Waals surface area contributed by atoms with Gasteiger partial charge in [-0.05, 0) is 23.9 Å². The first-order valence-corrected chi connectivity index (χ1v) is 5.67. The number of aryl methyl sites for hydroxylation is 1. The molecule has 0 saturated heterocycles. The lowest BCUT2D eigenvalue weighted by Gasteiger charge is -2.11. The lowest BCUT2D eigenvalue weighted by Crippen LogP contribution is -2.22. The fraction of sp³-hybridized carbons (Fsp3) is 0.286. The molecule has 2 rings (SSSR count). The van der Waals surface area contributed by atoms with Gasteiger partial charge < -0.3 is 4.57 Å². The van der Waals surface area contributed by atoms with Gasteiger partial charge in [-0.15, -0.1) is 0 Å². The SMILES string of the molecule is CCC(C#N)c1cc2ccccc2n(C)c1=O. The second-order valence-corrected chi connectivity index (χ2v) is 4.11. The molecule has 0 N–H and O–H groups in total. The van der Waals surface area contributed by atoms with Crippen molar-refractivity contribution in [3.05, 3.63) is 46.2 Å². The van der Waals surface area contributed by atoms with E-state index in [1.807, 2.05) is 37.3 Å². The molecule has 0 aliphatic carbocycles. The fourth-order valence-corrected chi connectivity index (χ4v) is 2.08. The maximum Gasteiger partial charge on any atom is 0.255 e. The van der Waals surface area contributed by atoms with Crippen LogP contribution < -0.4 is 5.56 Å². The number of benzene rings is 1. The van der Waals surface area contributed by atoms with E-state index in [2.05, 4.69) is 6.07 Å². The molecule has 86 valence electrons. The predicted molar refractivity (Wildman–Crippen MR) is 67.8 cm³/mol. The van der Waals surface area contributed by atoms with E-state index in [-0.39, 0.29) is 11.5 Å². The van der Waals surface area contributed by atoms with Crippen molar-refractivity contribution >= 4 is 10.9 Å². The van der Waals surface area contributed by atoms with Gasteiger partial charge in [0.15, 0.2) is 0 Å². The van der Waals surface area contributed by atoms with Crippen LogP contribution in [-0.4, -0.2) is 4.57 Å². The van der Waals surface area contributed by atoms with Crippen molar-refractivity contribution in [1.29, 1.82) is 5.26 Å². The molecule has 0 aliphatic heterocycles. The average Bonchev–Trinajstić information content (AvgIpc) is 2.37. The van der Waals surface area contributed by atoms with Gasteiger partial charge in [0.2, 0.25) is 0 Å². The highest BCUT2D eigenvalue weighted by atomic mass is 16.1. The molecule has 0 radical (unpaired) electrons. The number of aromatic nitrogens is 1. The van der Waals surface area contributed by atoms with Crippen LogP contribution in [0.2, 0.25) is 0 Å². The van der Waals surface area contributed by atoms with Gasteiger partial charge in [-0.2, -0.15) is 5.26 Å². The molecule has 0 saturated carbocycles. The number of nitrogens with zero attached hydrogens (tertiary/aromatic N) is 2. The van der Waals surface area contributed by atoms with Crippen molar-refractivity contribution in [3.63, 3.8) is 0 Å². The molecule has 0 spiro atoms. The number of fused-ring (bicyclic) bond motifs is 1. The first-order valence-electron chi connectivity index (χ1n) is 5.67. The van der Waals surface area contributed by atoms with Crippen molar-refractivity contribution in [1.82, 2.24) is 4.57 Å². The lowest BCUT2D eigenvalue weighted by molar-refractivity contribution is 0.778. The van der Waals surface area contributed by atoms with Gasteiger partial charge in [-0.25, -0.2) is 0 Å². The summed E-state index contributed by atoms with van der Waals surface area (Å²) in [5, 5.41) is 10.1. The monoisotopic (exact) mass is 226 g/mol. The second-order valence-electron chi connectivity index (χ2n) is 4.11. The van der Waals surface area contributed by atoms with E-state index in [0.717, 1.165) is 10.9 Å². The smallest absolute Gasteiger partial charge is 0.255 e. The molecule has 1 aromatic carbocycles. The largest absolute Gasteiger partial charge is 0.311 e. The Labute approximate surface area is 99.9 Å². The quantitative estimate of drug-likeness (QED) is 0.790. The van der Waals surface area contributed by atoms with E-state index < -0.39 is 0 Å². The van der Waals surface area contributed by atoms with E-state index in [0.29, 0.717) is 12.0 Å². The molecular weight excluding hydrogens is 212 g/mol. The first-order chi connectivity index (χ1) is 8.19. The van der Waals surface area contributed by atoms with E-state index in [9.17, 15) is 4.79 Å². The van der Waals surface area contributed by atoms with Crippen molar-refractivity contribution < 1.29 is 0 Å². The van der Waals surface area contributed by atoms with Crippen LogP contribution in [0.3, 0.4) is 0 Å². The summed E-state index contributed by atoms with van der Waals surface area (Å²) in [6.07, 6.45) is 0.657. The Bertz CT molecular complexity index is 649. The summed E-state index contributed by atoms with van der Waals surface area (Å²) in [4.78, 5) is 12.2. The molecular formula is C14H14N2O. The number of nitriles is 1. The Morgan fingerprint density at radius 2 is 2.12 bits per heavy atom. The van der Waals surface area contributed by atoms with E-state index >= 15 is 0 Å². The summed E-state index contributed by atoms with van der Waals surface area (Å²) in [5.41, 5.74) is 1.42. The number of hydrogen-bond donors (Lipinski definition) is 0. The molecule has 3 heteroatoms. The van der Waals surface area contributed by atoms with Crippen molar-refractivity contribution in [3.8, 4) is 6.07 Å². The summed E-state index contributed by atoms with van der Waals surface area (Å²) in [6, 6.07) is 11.7. The van der Waals surface area contributed by atoms with Gasteiger partial charge in [0.25, 0.3) is 5.56 Å². The molecule has 17 heavy (non-hydrogen) atoms. The topological polar surface area (TPSA) is 45.8 Å². The molecule has 1 heterocycles. The summed E-state index contributed by atoms with van der Waals surface area (Å²) >= 11 is 0. The van der Waals surface area contributed by atoms with Gasteiger partial charge in [0.05, 0.1) is 17.5 Å². The zero-order chi connectivity index (χ0) is 12.4. The van der Waals surface area contributed by atoms with Crippen LogP contribution in [0.25, 0.3) is 10.9 Å². The third kappa shape index (κ3) is 1.83. The molecule has 1 aromatic heterocycles. The van der Waals surface area contributed by atoms with Crippen LogP contribution in [0, 0.1) is 11.3 Å². The van der Waals surface area contributed by atoms with Crippen LogP contribution in [-0.2, 0) is 7.05 Å². The fourth-order valence-electron chi connectivity index (χ4n) is 2.08. The summed E-state index contributed by atoms with van der Waals surface area (Å²) in [7, 11) is 1.75. The van der Waals surface area contributed by atoms with Crippen molar-refractivity contribution in [2.75, 3.05) is 0 Å². The Hall–Kier alpha value is -2.08. The number of pyridine rings is 1. The Kier molecular flexibility index (Phi) is 2.97. The zero-order valence-corrected chi connectivity index (χ0v) is 9.97. The van der Waals surface area contributed by atoms with E-state index in [4.69, 9.17) is 5.26 Å². The minimum absolute atomic E-state index is 0.0721. The highest BCUT2D eigenvalue weighted by Crippen LogP contribution is 2.19. The van der Waals surface area contributed by atoms with Gasteiger partial charge in [0.1, 0.15) is 0 Å². The molecule has 1 unspecified atom stereocenters. The Morgan fingerprint density at radius 3 is 2.76 bits per heavy atom. The van der Waals surface area contributed by atoms with Crippen molar-refractivity contribution in [2.45, 2.75) is 19.3 Å². The Balaban J connectivity index is 2.79. The first kappa shape index (κ1) is 11.4. The Morgan fingerprint density at radius 1 is 1.41 bits per heavy atom. The predicted octanol–water partition coefficient (Wildman–Crippen LogP) is 2.56. The number of rotatable bonds is 2. The van der Waals surface area contributed by atoms with Crippen LogP contribution in [0.1, 0.15) is 24.8 Å². The molecule has 0 bridgehead atoms. The number of para-hydroxylation sites is 1. The van der Waals surface area contributed by atoms with Gasteiger partial charge in [0, 0.05) is 12.6 Å². The second kappa shape index (κ2) is 4.42. The zero-order valence-electron chi connectivity index (χ0n) is 9.97. The summed E-state index contributed by atoms with van der Waals surface area (Å²) < 4.78 is 1.62. The van der Waals surface area contributed by atoms with Crippen LogP contribution in [0.15, 0.2) is 35.1 Å². The van der Waals surface area contributed by atoms with Crippen LogP contribution >= 0.6 is 0 Å². The van der Waals surface area contributed by atoms with Crippen LogP contribution in [0.4, 0.5) is 0 Å².